The maximum Gasteiger partial charge on any atom is 0.262 e. The first-order valence-electron chi connectivity index (χ1n) is 6.27. The van der Waals surface area contributed by atoms with Crippen molar-refractivity contribution in [1.29, 1.82) is 0 Å². The summed E-state index contributed by atoms with van der Waals surface area (Å²) in [4.78, 5) is 37.3. The molecule has 0 saturated heterocycles. The molecule has 19 heavy (non-hydrogen) atoms. The van der Waals surface area contributed by atoms with E-state index in [1.165, 1.54) is 4.90 Å². The molecule has 1 aromatic rings. The van der Waals surface area contributed by atoms with Crippen LogP contribution in [0.3, 0.4) is 0 Å². The van der Waals surface area contributed by atoms with Gasteiger partial charge < -0.3 is 0 Å². The van der Waals surface area contributed by atoms with Crippen LogP contribution in [0.25, 0.3) is 0 Å². The summed E-state index contributed by atoms with van der Waals surface area (Å²) in [5.74, 6) is -0.262. The van der Waals surface area contributed by atoms with E-state index in [9.17, 15) is 14.4 Å². The minimum atomic E-state index is -0.244. The van der Waals surface area contributed by atoms with Gasteiger partial charge in [0.2, 0.25) is 0 Å². The highest BCUT2D eigenvalue weighted by Gasteiger charge is 2.41. The van der Waals surface area contributed by atoms with Gasteiger partial charge in [-0.3, -0.25) is 19.3 Å². The molecule has 2 amide bonds. The number of Topliss-reactive ketones (excluding diaryl/α,β-unsaturated/α-hetero) is 1. The maximum atomic E-state index is 12.4. The van der Waals surface area contributed by atoms with Crippen LogP contribution in [-0.4, -0.2) is 28.5 Å². The quantitative estimate of drug-likeness (QED) is 0.747. The first kappa shape index (κ1) is 12.5. The third kappa shape index (κ3) is 1.92. The van der Waals surface area contributed by atoms with Gasteiger partial charge in [0.05, 0.1) is 11.1 Å². The first-order valence-corrected chi connectivity index (χ1v) is 7.07. The molecule has 0 spiro atoms. The molecule has 0 bridgehead atoms. The van der Waals surface area contributed by atoms with E-state index in [1.807, 2.05) is 0 Å². The molecule has 0 radical (unpaired) electrons. The van der Waals surface area contributed by atoms with Crippen LogP contribution in [0.4, 0.5) is 0 Å². The molecule has 4 nitrogen and oxygen atoms in total. The number of rotatable bonds is 1. The van der Waals surface area contributed by atoms with E-state index < -0.39 is 0 Å². The molecule has 1 saturated carbocycles. The number of nitrogens with zero attached hydrogens (tertiary/aromatic N) is 1. The molecule has 5 heteroatoms. The van der Waals surface area contributed by atoms with Crippen molar-refractivity contribution in [3.05, 3.63) is 33.8 Å². The van der Waals surface area contributed by atoms with Gasteiger partial charge in [-0.2, -0.15) is 0 Å². The molecule has 1 aliphatic heterocycles. The van der Waals surface area contributed by atoms with Crippen molar-refractivity contribution in [2.45, 2.75) is 31.7 Å². The standard InChI is InChI=1S/C14H12BrNO3/c15-11-3-1-2-10-12(11)14(19)16(13(10)18)8-4-6-9(17)7-5-8/h1-3,8H,4-7H2. The Labute approximate surface area is 118 Å². The maximum absolute atomic E-state index is 12.4. The Morgan fingerprint density at radius 1 is 1.05 bits per heavy atom. The lowest BCUT2D eigenvalue weighted by atomic mass is 9.93. The molecule has 0 unspecified atom stereocenters. The minimum absolute atomic E-state index is 0.142. The molecule has 1 fully saturated rings. The van der Waals surface area contributed by atoms with Gasteiger partial charge in [0, 0.05) is 23.4 Å². The number of hydrogen-bond acceptors (Lipinski definition) is 3. The SMILES string of the molecule is O=C1CCC(N2C(=O)c3cccc(Br)c3C2=O)CC1. The van der Waals surface area contributed by atoms with Crippen molar-refractivity contribution < 1.29 is 14.4 Å². The lowest BCUT2D eigenvalue weighted by molar-refractivity contribution is -0.121. The van der Waals surface area contributed by atoms with Crippen LogP contribution >= 0.6 is 15.9 Å². The predicted octanol–water partition coefficient (Wildman–Crippen LogP) is 2.56. The molecule has 1 aliphatic carbocycles. The van der Waals surface area contributed by atoms with Gasteiger partial charge in [-0.1, -0.05) is 6.07 Å². The summed E-state index contributed by atoms with van der Waals surface area (Å²) in [7, 11) is 0. The lowest BCUT2D eigenvalue weighted by Gasteiger charge is -2.28. The van der Waals surface area contributed by atoms with Crippen LogP contribution in [0.2, 0.25) is 0 Å². The van der Waals surface area contributed by atoms with Crippen molar-refractivity contribution >= 4 is 33.5 Å². The van der Waals surface area contributed by atoms with Crippen molar-refractivity contribution in [1.82, 2.24) is 4.90 Å². The van der Waals surface area contributed by atoms with Gasteiger partial charge in [0.15, 0.2) is 0 Å². The number of carbonyl (C=O) groups excluding carboxylic acids is 3. The molecule has 1 heterocycles. The Morgan fingerprint density at radius 3 is 2.37 bits per heavy atom. The van der Waals surface area contributed by atoms with Crippen LogP contribution in [0.15, 0.2) is 22.7 Å². The Bertz CT molecular complexity index is 586. The van der Waals surface area contributed by atoms with Crippen LogP contribution in [0.1, 0.15) is 46.4 Å². The Hall–Kier alpha value is -1.49. The summed E-state index contributed by atoms with van der Waals surface area (Å²) in [6.45, 7) is 0. The molecule has 0 aromatic heterocycles. The molecule has 3 rings (SSSR count). The topological polar surface area (TPSA) is 54.5 Å². The first-order chi connectivity index (χ1) is 9.09. The number of benzene rings is 1. The van der Waals surface area contributed by atoms with Crippen LogP contribution in [0, 0.1) is 0 Å². The normalized spacial score (nSPS) is 20.1. The molecular weight excluding hydrogens is 310 g/mol. The van der Waals surface area contributed by atoms with E-state index in [0.29, 0.717) is 41.3 Å². The molecule has 0 N–H and O–H groups in total. The molecule has 1 aromatic carbocycles. The summed E-state index contributed by atoms with van der Waals surface area (Å²) in [6.07, 6.45) is 2.09. The number of ketones is 1. The van der Waals surface area contributed by atoms with Gasteiger partial charge in [-0.05, 0) is 40.9 Å². The van der Waals surface area contributed by atoms with Crippen LogP contribution in [0.5, 0.6) is 0 Å². The lowest BCUT2D eigenvalue weighted by Crippen LogP contribution is -2.42. The second-order valence-electron chi connectivity index (χ2n) is 4.91. The van der Waals surface area contributed by atoms with Crippen LogP contribution in [-0.2, 0) is 4.79 Å². The third-order valence-corrected chi connectivity index (χ3v) is 4.43. The predicted molar refractivity (Wildman–Crippen MR) is 71.9 cm³/mol. The van der Waals surface area contributed by atoms with Gasteiger partial charge in [-0.15, -0.1) is 0 Å². The van der Waals surface area contributed by atoms with Crippen LogP contribution < -0.4 is 0 Å². The molecule has 0 atom stereocenters. The monoisotopic (exact) mass is 321 g/mol. The summed E-state index contributed by atoms with van der Waals surface area (Å²) in [5, 5.41) is 0. The van der Waals surface area contributed by atoms with Crippen molar-refractivity contribution in [2.75, 3.05) is 0 Å². The summed E-state index contributed by atoms with van der Waals surface area (Å²) < 4.78 is 0.651. The zero-order valence-corrected chi connectivity index (χ0v) is 11.8. The van der Waals surface area contributed by atoms with Gasteiger partial charge in [0.1, 0.15) is 5.78 Å². The number of imide groups is 1. The Balaban J connectivity index is 1.94. The smallest absolute Gasteiger partial charge is 0.262 e. The third-order valence-electron chi connectivity index (χ3n) is 3.77. The van der Waals surface area contributed by atoms with E-state index in [4.69, 9.17) is 0 Å². The Morgan fingerprint density at radius 2 is 1.74 bits per heavy atom. The second-order valence-corrected chi connectivity index (χ2v) is 5.77. The summed E-state index contributed by atoms with van der Waals surface area (Å²) in [5.41, 5.74) is 0.903. The van der Waals surface area contributed by atoms with E-state index in [0.717, 1.165) is 0 Å². The fourth-order valence-corrected chi connectivity index (χ4v) is 3.31. The van der Waals surface area contributed by atoms with Crippen molar-refractivity contribution in [3.63, 3.8) is 0 Å². The van der Waals surface area contributed by atoms with Crippen molar-refractivity contribution in [3.8, 4) is 0 Å². The number of fused-ring (bicyclic) bond motifs is 1. The van der Waals surface area contributed by atoms with Crippen molar-refractivity contribution in [2.24, 2.45) is 0 Å². The second kappa shape index (κ2) is 4.56. The minimum Gasteiger partial charge on any atom is -0.300 e. The number of carbonyl (C=O) groups is 3. The summed E-state index contributed by atoms with van der Waals surface area (Å²) >= 11 is 3.32. The van der Waals surface area contributed by atoms with E-state index in [2.05, 4.69) is 15.9 Å². The Kier molecular flexibility index (Phi) is 3.01. The highest BCUT2D eigenvalue weighted by molar-refractivity contribution is 9.10. The number of amides is 2. The highest BCUT2D eigenvalue weighted by atomic mass is 79.9. The van der Waals surface area contributed by atoms with E-state index in [1.54, 1.807) is 18.2 Å². The molecular formula is C14H12BrNO3. The van der Waals surface area contributed by atoms with Gasteiger partial charge in [-0.25, -0.2) is 0 Å². The van der Waals surface area contributed by atoms with Gasteiger partial charge >= 0.3 is 0 Å². The van der Waals surface area contributed by atoms with E-state index in [-0.39, 0.29) is 23.6 Å². The fourth-order valence-electron chi connectivity index (χ4n) is 2.78. The average molecular weight is 322 g/mol. The zero-order valence-electron chi connectivity index (χ0n) is 10.2. The zero-order chi connectivity index (χ0) is 13.6. The van der Waals surface area contributed by atoms with E-state index >= 15 is 0 Å². The van der Waals surface area contributed by atoms with Gasteiger partial charge in [0.25, 0.3) is 11.8 Å². The number of hydrogen-bond donors (Lipinski definition) is 0. The molecule has 2 aliphatic rings. The number of halogens is 1. The largest absolute Gasteiger partial charge is 0.300 e. The highest BCUT2D eigenvalue weighted by Crippen LogP contribution is 2.33. The molecule has 98 valence electrons. The fraction of sp³-hybridized carbons (Fsp3) is 0.357. The average Bonchev–Trinajstić information content (AvgIpc) is 2.65. The summed E-state index contributed by atoms with van der Waals surface area (Å²) in [6, 6.07) is 5.05.